The molecule has 0 saturated carbocycles. The van der Waals surface area contributed by atoms with Crippen LogP contribution in [0.4, 0.5) is 5.69 Å². The summed E-state index contributed by atoms with van der Waals surface area (Å²) in [5, 5.41) is 0.521. The number of ether oxygens (including phenoxy) is 3. The number of hydrogen-bond donors (Lipinski definition) is 0. The highest BCUT2D eigenvalue weighted by molar-refractivity contribution is 8.18. The zero-order valence-corrected chi connectivity index (χ0v) is 19.2. The van der Waals surface area contributed by atoms with E-state index in [1.54, 1.807) is 4.90 Å². The Labute approximate surface area is 192 Å². The number of esters is 1. The van der Waals surface area contributed by atoms with Gasteiger partial charge in [0.05, 0.1) is 30.9 Å². The second-order valence-electron chi connectivity index (χ2n) is 6.72. The van der Waals surface area contributed by atoms with Crippen LogP contribution in [0.2, 0.25) is 0 Å². The van der Waals surface area contributed by atoms with Crippen LogP contribution in [0.1, 0.15) is 19.4 Å². The van der Waals surface area contributed by atoms with Crippen molar-refractivity contribution in [3.8, 4) is 11.5 Å². The van der Waals surface area contributed by atoms with Gasteiger partial charge in [0.15, 0.2) is 16.7 Å². The smallest absolute Gasteiger partial charge is 0.331 e. The first-order valence-electron chi connectivity index (χ1n) is 10.4. The first-order chi connectivity index (χ1) is 15.5. The summed E-state index contributed by atoms with van der Waals surface area (Å²) < 4.78 is 16.0. The average molecular weight is 455 g/mol. The molecule has 1 fully saturated rings. The molecule has 0 radical (unpaired) electrons. The van der Waals surface area contributed by atoms with Crippen molar-refractivity contribution < 1.29 is 23.8 Å². The minimum Gasteiger partial charge on any atom is -0.490 e. The minimum absolute atomic E-state index is 0.272. The second kappa shape index (κ2) is 11.4. The molecule has 3 rings (SSSR count). The van der Waals surface area contributed by atoms with Crippen molar-refractivity contribution in [2.75, 3.05) is 26.9 Å². The molecule has 7 nitrogen and oxygen atoms in total. The summed E-state index contributed by atoms with van der Waals surface area (Å²) in [6, 6.07) is 15.2. The zero-order valence-electron chi connectivity index (χ0n) is 18.4. The number of amidine groups is 1. The molecule has 2 aromatic rings. The molecule has 0 bridgehead atoms. The van der Waals surface area contributed by atoms with Crippen LogP contribution in [0.3, 0.4) is 0 Å². The van der Waals surface area contributed by atoms with Gasteiger partial charge >= 0.3 is 5.97 Å². The number of benzene rings is 2. The third kappa shape index (κ3) is 5.91. The van der Waals surface area contributed by atoms with E-state index >= 15 is 0 Å². The number of nitrogens with zero attached hydrogens (tertiary/aromatic N) is 2. The lowest BCUT2D eigenvalue weighted by Crippen LogP contribution is -2.31. The van der Waals surface area contributed by atoms with Crippen LogP contribution >= 0.6 is 11.8 Å². The number of thioether (sulfide) groups is 1. The lowest BCUT2D eigenvalue weighted by atomic mass is 10.1. The Kier molecular flexibility index (Phi) is 8.33. The third-order valence-corrected chi connectivity index (χ3v) is 5.56. The van der Waals surface area contributed by atoms with Gasteiger partial charge in [-0.2, -0.15) is 0 Å². The standard InChI is InChI=1S/C24H26N2O5S/c1-4-30-19-12-11-17(15-20(19)31-5-2)13-14-26-23(28)21(16-22(27)29-3)32-24(26)25-18-9-7-6-8-10-18/h6-12,15-16H,4-5,13-14H2,1-3H3/b21-16+,25-24?. The van der Waals surface area contributed by atoms with Crippen LogP contribution in [0, 0.1) is 0 Å². The maximum absolute atomic E-state index is 13.0. The number of hydrogen-bond acceptors (Lipinski definition) is 7. The highest BCUT2D eigenvalue weighted by Gasteiger charge is 2.34. The summed E-state index contributed by atoms with van der Waals surface area (Å²) in [5.41, 5.74) is 1.73. The van der Waals surface area contributed by atoms with Gasteiger partial charge in [-0.3, -0.25) is 9.69 Å². The number of para-hydroxylation sites is 1. The van der Waals surface area contributed by atoms with Crippen LogP contribution in [-0.4, -0.2) is 48.8 Å². The van der Waals surface area contributed by atoms with E-state index in [4.69, 9.17) is 9.47 Å². The largest absolute Gasteiger partial charge is 0.490 e. The summed E-state index contributed by atoms with van der Waals surface area (Å²) in [4.78, 5) is 31.2. The Balaban J connectivity index is 1.84. The van der Waals surface area contributed by atoms with Crippen LogP contribution in [0.25, 0.3) is 0 Å². The summed E-state index contributed by atoms with van der Waals surface area (Å²) in [7, 11) is 1.28. The van der Waals surface area contributed by atoms with Gasteiger partial charge in [-0.25, -0.2) is 9.79 Å². The van der Waals surface area contributed by atoms with Crippen molar-refractivity contribution >= 4 is 34.5 Å². The van der Waals surface area contributed by atoms with E-state index in [1.807, 2.05) is 62.4 Å². The predicted octanol–water partition coefficient (Wildman–Crippen LogP) is 4.35. The first kappa shape index (κ1) is 23.4. The van der Waals surface area contributed by atoms with E-state index < -0.39 is 5.97 Å². The molecule has 0 atom stereocenters. The van der Waals surface area contributed by atoms with Gasteiger partial charge in [0.1, 0.15) is 0 Å². The molecule has 1 heterocycles. The van der Waals surface area contributed by atoms with Gasteiger partial charge in [-0.1, -0.05) is 24.3 Å². The molecule has 0 aromatic heterocycles. The van der Waals surface area contributed by atoms with Crippen molar-refractivity contribution in [3.63, 3.8) is 0 Å². The van der Waals surface area contributed by atoms with Crippen LogP contribution in [0.15, 0.2) is 64.5 Å². The van der Waals surface area contributed by atoms with Crippen LogP contribution in [0.5, 0.6) is 11.5 Å². The Morgan fingerprint density at radius 3 is 2.47 bits per heavy atom. The van der Waals surface area contributed by atoms with Crippen LogP contribution in [-0.2, 0) is 20.7 Å². The molecule has 168 valence electrons. The Bertz CT molecular complexity index is 1020. The van der Waals surface area contributed by atoms with Gasteiger partial charge in [-0.15, -0.1) is 0 Å². The molecule has 1 aliphatic rings. The third-order valence-electron chi connectivity index (χ3n) is 4.55. The fraction of sp³-hybridized carbons (Fsp3) is 0.292. The van der Waals surface area contributed by atoms with Crippen LogP contribution < -0.4 is 9.47 Å². The van der Waals surface area contributed by atoms with Gasteiger partial charge < -0.3 is 14.2 Å². The fourth-order valence-corrected chi connectivity index (χ4v) is 4.04. The highest BCUT2D eigenvalue weighted by atomic mass is 32.2. The van der Waals surface area contributed by atoms with E-state index in [1.165, 1.54) is 13.2 Å². The summed E-state index contributed by atoms with van der Waals surface area (Å²) in [6.45, 7) is 5.32. The molecule has 1 saturated heterocycles. The van der Waals surface area contributed by atoms with E-state index in [9.17, 15) is 9.59 Å². The van der Waals surface area contributed by atoms with Crippen molar-refractivity contribution in [1.29, 1.82) is 0 Å². The number of amides is 1. The number of carbonyl (C=O) groups is 2. The summed E-state index contributed by atoms with van der Waals surface area (Å²) in [6.07, 6.45) is 1.79. The molecular formula is C24H26N2O5S. The summed E-state index contributed by atoms with van der Waals surface area (Å²) in [5.74, 6) is 0.527. The van der Waals surface area contributed by atoms with E-state index in [2.05, 4.69) is 9.73 Å². The fourth-order valence-electron chi connectivity index (χ4n) is 3.06. The molecule has 1 aliphatic heterocycles. The van der Waals surface area contributed by atoms with Crippen molar-refractivity contribution in [1.82, 2.24) is 4.90 Å². The molecule has 1 amide bonds. The van der Waals surface area contributed by atoms with Gasteiger partial charge in [-0.05, 0) is 61.9 Å². The quantitative estimate of drug-likeness (QED) is 0.414. The molecule has 0 spiro atoms. The monoisotopic (exact) mass is 454 g/mol. The highest BCUT2D eigenvalue weighted by Crippen LogP contribution is 2.34. The van der Waals surface area contributed by atoms with E-state index in [0.29, 0.717) is 42.8 Å². The number of aliphatic imine (C=N–C) groups is 1. The Hall–Kier alpha value is -3.26. The van der Waals surface area contributed by atoms with Gasteiger partial charge in [0.2, 0.25) is 0 Å². The molecule has 32 heavy (non-hydrogen) atoms. The molecule has 0 N–H and O–H groups in total. The number of methoxy groups -OCH3 is 1. The lowest BCUT2D eigenvalue weighted by Gasteiger charge is -2.17. The topological polar surface area (TPSA) is 77.4 Å². The predicted molar refractivity (Wildman–Crippen MR) is 125 cm³/mol. The van der Waals surface area contributed by atoms with E-state index in [-0.39, 0.29) is 10.8 Å². The minimum atomic E-state index is -0.574. The molecule has 8 heteroatoms. The maximum atomic E-state index is 13.0. The van der Waals surface area contributed by atoms with Gasteiger partial charge in [0.25, 0.3) is 5.91 Å². The average Bonchev–Trinajstić information content (AvgIpc) is 3.08. The van der Waals surface area contributed by atoms with Crippen molar-refractivity contribution in [2.45, 2.75) is 20.3 Å². The molecule has 2 aromatic carbocycles. The number of carbonyl (C=O) groups excluding carboxylic acids is 2. The van der Waals surface area contributed by atoms with E-state index in [0.717, 1.165) is 23.0 Å². The molecule has 0 aliphatic carbocycles. The second-order valence-corrected chi connectivity index (χ2v) is 7.73. The SMILES string of the molecule is CCOc1ccc(CCN2C(=O)/C(=C\C(=O)OC)SC2=Nc2ccccc2)cc1OCC. The van der Waals surface area contributed by atoms with Crippen molar-refractivity contribution in [3.05, 3.63) is 65.1 Å². The van der Waals surface area contributed by atoms with Crippen molar-refractivity contribution in [2.24, 2.45) is 4.99 Å². The summed E-state index contributed by atoms with van der Waals surface area (Å²) >= 11 is 1.16. The van der Waals surface area contributed by atoms with Gasteiger partial charge in [0, 0.05) is 12.6 Å². The molecular weight excluding hydrogens is 428 g/mol. The lowest BCUT2D eigenvalue weighted by molar-refractivity contribution is -0.135. The zero-order chi connectivity index (χ0) is 22.9. The molecule has 0 unspecified atom stereocenters. The maximum Gasteiger partial charge on any atom is 0.331 e. The Morgan fingerprint density at radius 2 is 1.78 bits per heavy atom. The number of rotatable bonds is 9. The normalized spacial score (nSPS) is 16.0. The first-order valence-corrected chi connectivity index (χ1v) is 11.2. The Morgan fingerprint density at radius 1 is 1.06 bits per heavy atom.